The fourth-order valence-electron chi connectivity index (χ4n) is 4.41. The van der Waals surface area contributed by atoms with Crippen LogP contribution < -0.4 is 10.6 Å². The lowest BCUT2D eigenvalue weighted by Crippen LogP contribution is -2.50. The molecule has 0 amide bonds. The first-order valence-electron chi connectivity index (χ1n) is 10.1. The number of esters is 1. The number of benzene rings is 2. The summed E-state index contributed by atoms with van der Waals surface area (Å²) in [5.74, 6) is 0.578. The SMILES string of the molecule is COC(=O)CCC(c1cccc(Cl)c1)C1(NCC2CC2)CNc2cc(Cl)ccc21. The quantitative estimate of drug-likeness (QED) is 0.551. The molecule has 2 aliphatic rings. The third-order valence-electron chi connectivity index (χ3n) is 6.13. The number of halogens is 2. The molecule has 1 heterocycles. The van der Waals surface area contributed by atoms with Crippen molar-refractivity contribution in [2.45, 2.75) is 37.1 Å². The molecular weight excluding hydrogens is 407 g/mol. The summed E-state index contributed by atoms with van der Waals surface area (Å²) in [6.45, 7) is 1.69. The van der Waals surface area contributed by atoms with Crippen molar-refractivity contribution in [2.75, 3.05) is 25.5 Å². The third-order valence-corrected chi connectivity index (χ3v) is 6.60. The summed E-state index contributed by atoms with van der Waals surface area (Å²) in [7, 11) is 1.44. The molecule has 0 radical (unpaired) electrons. The Balaban J connectivity index is 1.77. The van der Waals surface area contributed by atoms with Crippen molar-refractivity contribution in [2.24, 2.45) is 5.92 Å². The van der Waals surface area contributed by atoms with Crippen LogP contribution in [0.5, 0.6) is 0 Å². The number of rotatable bonds is 8. The van der Waals surface area contributed by atoms with Crippen LogP contribution in [0.1, 0.15) is 42.7 Å². The van der Waals surface area contributed by atoms with Crippen molar-refractivity contribution in [3.8, 4) is 0 Å². The number of hydrogen-bond donors (Lipinski definition) is 2. The van der Waals surface area contributed by atoms with Gasteiger partial charge in [0.2, 0.25) is 0 Å². The molecule has 1 aliphatic heterocycles. The van der Waals surface area contributed by atoms with E-state index in [1.807, 2.05) is 30.3 Å². The molecule has 29 heavy (non-hydrogen) atoms. The van der Waals surface area contributed by atoms with Crippen molar-refractivity contribution < 1.29 is 9.53 Å². The molecule has 4 rings (SSSR count). The van der Waals surface area contributed by atoms with Gasteiger partial charge in [-0.3, -0.25) is 4.79 Å². The van der Waals surface area contributed by atoms with Crippen LogP contribution in [0.2, 0.25) is 10.0 Å². The van der Waals surface area contributed by atoms with Gasteiger partial charge in [0.05, 0.1) is 12.6 Å². The fourth-order valence-corrected chi connectivity index (χ4v) is 4.78. The predicted molar refractivity (Wildman–Crippen MR) is 118 cm³/mol. The number of hydrogen-bond acceptors (Lipinski definition) is 4. The predicted octanol–water partition coefficient (Wildman–Crippen LogP) is 5.35. The summed E-state index contributed by atoms with van der Waals surface area (Å²) in [4.78, 5) is 12.0. The average molecular weight is 433 g/mol. The van der Waals surface area contributed by atoms with Crippen molar-refractivity contribution >= 4 is 34.9 Å². The highest BCUT2D eigenvalue weighted by Gasteiger charge is 2.46. The maximum Gasteiger partial charge on any atom is 0.305 e. The highest BCUT2D eigenvalue weighted by atomic mass is 35.5. The molecule has 1 aliphatic carbocycles. The number of carbonyl (C=O) groups excluding carboxylic acids is 1. The van der Waals surface area contributed by atoms with Crippen molar-refractivity contribution in [1.82, 2.24) is 5.32 Å². The van der Waals surface area contributed by atoms with E-state index in [4.69, 9.17) is 27.9 Å². The Kier molecular flexibility index (Phi) is 6.05. The van der Waals surface area contributed by atoms with E-state index < -0.39 is 0 Å². The van der Waals surface area contributed by atoms with Gasteiger partial charge in [0, 0.05) is 34.6 Å². The second-order valence-corrected chi connectivity index (χ2v) is 8.93. The van der Waals surface area contributed by atoms with E-state index >= 15 is 0 Å². The number of ether oxygens (including phenoxy) is 1. The zero-order chi connectivity index (χ0) is 20.4. The summed E-state index contributed by atoms with van der Waals surface area (Å²) < 4.78 is 4.93. The molecule has 2 N–H and O–H groups in total. The number of anilines is 1. The molecule has 0 saturated heterocycles. The Labute approximate surface area is 181 Å². The van der Waals surface area contributed by atoms with E-state index in [2.05, 4.69) is 22.8 Å². The molecule has 2 aromatic rings. The van der Waals surface area contributed by atoms with Crippen LogP contribution in [0.4, 0.5) is 5.69 Å². The van der Waals surface area contributed by atoms with Gasteiger partial charge in [0.1, 0.15) is 0 Å². The second-order valence-electron chi connectivity index (χ2n) is 8.06. The Morgan fingerprint density at radius 3 is 2.76 bits per heavy atom. The lowest BCUT2D eigenvalue weighted by atomic mass is 9.73. The van der Waals surface area contributed by atoms with Crippen molar-refractivity contribution in [1.29, 1.82) is 0 Å². The van der Waals surface area contributed by atoms with Crippen LogP contribution in [0.25, 0.3) is 0 Å². The van der Waals surface area contributed by atoms with Crippen molar-refractivity contribution in [3.63, 3.8) is 0 Å². The lowest BCUT2D eigenvalue weighted by Gasteiger charge is -2.39. The fraction of sp³-hybridized carbons (Fsp3) is 0.435. The Hall–Kier alpha value is -1.75. The minimum Gasteiger partial charge on any atom is -0.469 e. The van der Waals surface area contributed by atoms with E-state index in [0.29, 0.717) is 22.9 Å². The van der Waals surface area contributed by atoms with Crippen LogP contribution >= 0.6 is 23.2 Å². The Morgan fingerprint density at radius 1 is 1.24 bits per heavy atom. The van der Waals surface area contributed by atoms with E-state index in [0.717, 1.165) is 30.3 Å². The molecule has 2 atom stereocenters. The number of nitrogens with one attached hydrogen (secondary N) is 2. The van der Waals surface area contributed by atoms with Crippen LogP contribution in [0.15, 0.2) is 42.5 Å². The third kappa shape index (κ3) is 4.40. The molecule has 2 unspecified atom stereocenters. The summed E-state index contributed by atoms with van der Waals surface area (Å²) >= 11 is 12.6. The molecule has 2 aromatic carbocycles. The summed E-state index contributed by atoms with van der Waals surface area (Å²) in [5.41, 5.74) is 3.01. The molecular formula is C23H26Cl2N2O2. The van der Waals surface area contributed by atoms with E-state index in [1.54, 1.807) is 0 Å². The van der Waals surface area contributed by atoms with Gasteiger partial charge >= 0.3 is 5.97 Å². The maximum atomic E-state index is 12.0. The molecule has 1 fully saturated rings. The number of methoxy groups -OCH3 is 1. The smallest absolute Gasteiger partial charge is 0.305 e. The average Bonchev–Trinajstić information content (AvgIpc) is 3.48. The first-order chi connectivity index (χ1) is 14.0. The topological polar surface area (TPSA) is 50.4 Å². The Morgan fingerprint density at radius 2 is 2.03 bits per heavy atom. The van der Waals surface area contributed by atoms with Crippen LogP contribution in [0, 0.1) is 5.92 Å². The molecule has 154 valence electrons. The van der Waals surface area contributed by atoms with Gasteiger partial charge in [-0.25, -0.2) is 0 Å². The van der Waals surface area contributed by atoms with E-state index in [9.17, 15) is 4.79 Å². The van der Waals surface area contributed by atoms with Gasteiger partial charge in [-0.2, -0.15) is 0 Å². The first kappa shape index (κ1) is 20.5. The van der Waals surface area contributed by atoms with Gasteiger partial charge in [-0.15, -0.1) is 0 Å². The zero-order valence-electron chi connectivity index (χ0n) is 16.5. The highest BCUT2D eigenvalue weighted by Crippen LogP contribution is 2.48. The summed E-state index contributed by atoms with van der Waals surface area (Å²) in [6.07, 6.45) is 3.56. The maximum absolute atomic E-state index is 12.0. The summed E-state index contributed by atoms with van der Waals surface area (Å²) in [6, 6.07) is 14.0. The molecule has 1 saturated carbocycles. The Bertz CT molecular complexity index is 900. The molecule has 4 nitrogen and oxygen atoms in total. The monoisotopic (exact) mass is 432 g/mol. The van der Waals surface area contributed by atoms with Crippen LogP contribution in [0.3, 0.4) is 0 Å². The molecule has 6 heteroatoms. The zero-order valence-corrected chi connectivity index (χ0v) is 18.0. The highest BCUT2D eigenvalue weighted by molar-refractivity contribution is 6.31. The van der Waals surface area contributed by atoms with Gasteiger partial charge in [-0.05, 0) is 67.1 Å². The second kappa shape index (κ2) is 8.55. The summed E-state index contributed by atoms with van der Waals surface area (Å²) in [5, 5.41) is 8.85. The van der Waals surface area contributed by atoms with Crippen molar-refractivity contribution in [3.05, 3.63) is 63.6 Å². The van der Waals surface area contributed by atoms with Gasteiger partial charge in [0.25, 0.3) is 0 Å². The lowest BCUT2D eigenvalue weighted by molar-refractivity contribution is -0.140. The molecule has 0 bridgehead atoms. The molecule has 0 aromatic heterocycles. The normalized spacial score (nSPS) is 21.3. The standard InChI is InChI=1S/C23H26Cl2N2O2/c1-29-22(28)10-9-19(16-3-2-4-17(24)11-16)23(27-13-15-5-6-15)14-26-21-12-18(25)7-8-20(21)23/h2-4,7-8,11-12,15,19,26-27H,5-6,9-10,13-14H2,1H3. The van der Waals surface area contributed by atoms with Crippen LogP contribution in [-0.2, 0) is 15.1 Å². The largest absolute Gasteiger partial charge is 0.469 e. The van der Waals surface area contributed by atoms with Gasteiger partial charge in [-0.1, -0.05) is 41.4 Å². The minimum absolute atomic E-state index is 0.0500. The van der Waals surface area contributed by atoms with Gasteiger partial charge < -0.3 is 15.4 Å². The van der Waals surface area contributed by atoms with Crippen LogP contribution in [-0.4, -0.2) is 26.2 Å². The van der Waals surface area contributed by atoms with Gasteiger partial charge in [0.15, 0.2) is 0 Å². The molecule has 0 spiro atoms. The minimum atomic E-state index is -0.346. The first-order valence-corrected chi connectivity index (χ1v) is 10.9. The number of carbonyl (C=O) groups is 1. The number of fused-ring (bicyclic) bond motifs is 1. The van der Waals surface area contributed by atoms with E-state index in [-0.39, 0.29) is 17.4 Å². The van der Waals surface area contributed by atoms with E-state index in [1.165, 1.54) is 25.5 Å².